The highest BCUT2D eigenvalue weighted by atomic mass is 32.2. The molecule has 1 aliphatic rings. The molecule has 1 unspecified atom stereocenters. The van der Waals surface area contributed by atoms with Crippen LogP contribution in [0.2, 0.25) is 0 Å². The summed E-state index contributed by atoms with van der Waals surface area (Å²) in [6.45, 7) is 0. The average molecular weight is 344 g/mol. The second kappa shape index (κ2) is 6.81. The summed E-state index contributed by atoms with van der Waals surface area (Å²) < 4.78 is 37.8. The molecule has 0 amide bonds. The molecular weight excluding hydrogens is 324 g/mol. The van der Waals surface area contributed by atoms with Gasteiger partial charge in [-0.1, -0.05) is 12.8 Å². The normalized spacial score (nSPS) is 18.5. The zero-order valence-electron chi connectivity index (χ0n) is 13.0. The van der Waals surface area contributed by atoms with Gasteiger partial charge in [-0.3, -0.25) is 4.79 Å². The molecule has 2 N–H and O–H groups in total. The number of ether oxygens (including phenoxy) is 2. The lowest BCUT2D eigenvalue weighted by Crippen LogP contribution is -2.56. The molecule has 1 saturated carbocycles. The summed E-state index contributed by atoms with van der Waals surface area (Å²) in [5.74, 6) is -1.24. The Morgan fingerprint density at radius 1 is 1.39 bits per heavy atom. The quantitative estimate of drug-likeness (QED) is 0.751. The van der Waals surface area contributed by atoms with E-state index in [2.05, 4.69) is 9.71 Å². The Balaban J connectivity index is 2.38. The largest absolute Gasteiger partial charge is 0.494 e. The van der Waals surface area contributed by atoms with Gasteiger partial charge in [-0.2, -0.15) is 4.72 Å². The topological polar surface area (TPSA) is 115 Å². The number of sulfonamides is 1. The number of carbonyl (C=O) groups is 1. The molecule has 23 heavy (non-hydrogen) atoms. The third kappa shape index (κ3) is 3.46. The van der Waals surface area contributed by atoms with Gasteiger partial charge in [0.2, 0.25) is 5.03 Å². The van der Waals surface area contributed by atoms with Crippen molar-refractivity contribution in [2.75, 3.05) is 14.2 Å². The maximum absolute atomic E-state index is 12.6. The third-order valence-electron chi connectivity index (χ3n) is 4.11. The minimum atomic E-state index is -4.18. The van der Waals surface area contributed by atoms with E-state index >= 15 is 0 Å². The van der Waals surface area contributed by atoms with Gasteiger partial charge in [0, 0.05) is 13.3 Å². The zero-order chi connectivity index (χ0) is 17.1. The van der Waals surface area contributed by atoms with Crippen molar-refractivity contribution in [3.05, 3.63) is 18.3 Å². The minimum Gasteiger partial charge on any atom is -0.494 e. The van der Waals surface area contributed by atoms with E-state index in [4.69, 9.17) is 9.47 Å². The third-order valence-corrected chi connectivity index (χ3v) is 5.47. The summed E-state index contributed by atoms with van der Waals surface area (Å²) in [4.78, 5) is 15.5. The van der Waals surface area contributed by atoms with Crippen LogP contribution in [-0.4, -0.2) is 50.3 Å². The molecule has 0 bridgehead atoms. The van der Waals surface area contributed by atoms with Gasteiger partial charge < -0.3 is 14.6 Å². The maximum Gasteiger partial charge on any atom is 0.324 e. The number of methoxy groups -OCH3 is 2. The molecule has 0 aliphatic heterocycles. The van der Waals surface area contributed by atoms with E-state index < -0.39 is 27.6 Å². The second-order valence-electron chi connectivity index (χ2n) is 5.38. The van der Waals surface area contributed by atoms with Crippen molar-refractivity contribution in [1.82, 2.24) is 9.71 Å². The molecule has 1 aromatic heterocycles. The van der Waals surface area contributed by atoms with Gasteiger partial charge in [0.1, 0.15) is 6.04 Å². The van der Waals surface area contributed by atoms with Crippen LogP contribution < -0.4 is 9.46 Å². The molecule has 2 rings (SSSR count). The molecule has 128 valence electrons. The van der Waals surface area contributed by atoms with Crippen LogP contribution in [0.15, 0.2) is 23.4 Å². The Labute approximate surface area is 134 Å². The van der Waals surface area contributed by atoms with Crippen LogP contribution in [0.4, 0.5) is 0 Å². The molecule has 8 nitrogen and oxygen atoms in total. The maximum atomic E-state index is 12.6. The molecule has 1 atom stereocenters. The van der Waals surface area contributed by atoms with E-state index in [1.54, 1.807) is 0 Å². The summed E-state index contributed by atoms with van der Waals surface area (Å²) in [6, 6.07) is 1.57. The Morgan fingerprint density at radius 3 is 2.57 bits per heavy atom. The fourth-order valence-electron chi connectivity index (χ4n) is 2.91. The molecule has 0 spiro atoms. The Hall–Kier alpha value is -1.71. The molecule has 9 heteroatoms. The monoisotopic (exact) mass is 344 g/mol. The Morgan fingerprint density at radius 2 is 2.04 bits per heavy atom. The zero-order valence-corrected chi connectivity index (χ0v) is 13.8. The number of hydrogen-bond donors (Lipinski definition) is 2. The van der Waals surface area contributed by atoms with E-state index in [1.165, 1.54) is 32.5 Å². The number of nitrogens with zero attached hydrogens (tertiary/aromatic N) is 1. The van der Waals surface area contributed by atoms with Crippen LogP contribution in [0.1, 0.15) is 25.7 Å². The van der Waals surface area contributed by atoms with E-state index in [0.29, 0.717) is 12.8 Å². The predicted molar refractivity (Wildman–Crippen MR) is 80.7 cm³/mol. The molecule has 1 heterocycles. The van der Waals surface area contributed by atoms with Gasteiger partial charge in [-0.05, 0) is 25.0 Å². The van der Waals surface area contributed by atoms with E-state index in [1.807, 2.05) is 0 Å². The highest BCUT2D eigenvalue weighted by Gasteiger charge is 2.48. The standard InChI is InChI=1S/C14H20N2O6S/c1-21-10-6-5-9-15-12(10)23(19,20)16-11(13(17)18)14(22-2)7-3-4-8-14/h5-6,9,11,16H,3-4,7-8H2,1-2H3,(H,17,18). The van der Waals surface area contributed by atoms with Gasteiger partial charge in [0.25, 0.3) is 10.0 Å². The number of aromatic nitrogens is 1. The number of rotatable bonds is 7. The summed E-state index contributed by atoms with van der Waals surface area (Å²) in [5, 5.41) is 9.16. The number of carboxylic acid groups (broad SMARTS) is 1. The lowest BCUT2D eigenvalue weighted by atomic mass is 9.93. The van der Waals surface area contributed by atoms with E-state index in [-0.39, 0.29) is 10.8 Å². The number of hydrogen-bond acceptors (Lipinski definition) is 6. The number of aliphatic carboxylic acids is 1. The summed E-state index contributed by atoms with van der Waals surface area (Å²) >= 11 is 0. The SMILES string of the molecule is COc1cccnc1S(=O)(=O)NC(C(=O)O)C1(OC)CCCC1. The van der Waals surface area contributed by atoms with Gasteiger partial charge in [0.05, 0.1) is 12.7 Å². The van der Waals surface area contributed by atoms with Crippen molar-refractivity contribution in [2.45, 2.75) is 42.4 Å². The van der Waals surface area contributed by atoms with Crippen molar-refractivity contribution < 1.29 is 27.8 Å². The molecule has 0 aromatic carbocycles. The van der Waals surface area contributed by atoms with Crippen LogP contribution >= 0.6 is 0 Å². The van der Waals surface area contributed by atoms with Crippen LogP contribution in [0.3, 0.4) is 0 Å². The lowest BCUT2D eigenvalue weighted by Gasteiger charge is -2.33. The average Bonchev–Trinajstić information content (AvgIpc) is 3.02. The molecule has 1 aromatic rings. The van der Waals surface area contributed by atoms with Crippen LogP contribution in [-0.2, 0) is 19.6 Å². The van der Waals surface area contributed by atoms with Crippen molar-refractivity contribution in [1.29, 1.82) is 0 Å². The molecule has 1 aliphatic carbocycles. The fraction of sp³-hybridized carbons (Fsp3) is 0.571. The number of nitrogens with one attached hydrogen (secondary N) is 1. The first-order valence-electron chi connectivity index (χ1n) is 7.15. The minimum absolute atomic E-state index is 0.0435. The van der Waals surface area contributed by atoms with Crippen molar-refractivity contribution in [2.24, 2.45) is 0 Å². The van der Waals surface area contributed by atoms with E-state index in [0.717, 1.165) is 12.8 Å². The van der Waals surface area contributed by atoms with Crippen molar-refractivity contribution >= 4 is 16.0 Å². The van der Waals surface area contributed by atoms with E-state index in [9.17, 15) is 18.3 Å². The van der Waals surface area contributed by atoms with Crippen LogP contribution in [0.25, 0.3) is 0 Å². The molecule has 0 saturated heterocycles. The molecule has 0 radical (unpaired) electrons. The summed E-state index contributed by atoms with van der Waals surface area (Å²) in [5.41, 5.74) is -1.05. The van der Waals surface area contributed by atoms with Crippen LogP contribution in [0, 0.1) is 0 Å². The Kier molecular flexibility index (Phi) is 5.23. The Bertz CT molecular complexity index is 670. The number of pyridine rings is 1. The lowest BCUT2D eigenvalue weighted by molar-refractivity contribution is -0.148. The highest BCUT2D eigenvalue weighted by molar-refractivity contribution is 7.89. The van der Waals surface area contributed by atoms with Gasteiger partial charge in [-0.25, -0.2) is 13.4 Å². The van der Waals surface area contributed by atoms with Gasteiger partial charge in [-0.15, -0.1) is 0 Å². The fourth-order valence-corrected chi connectivity index (χ4v) is 4.26. The molecule has 1 fully saturated rings. The first-order chi connectivity index (χ1) is 10.9. The molecular formula is C14H20N2O6S. The first-order valence-corrected chi connectivity index (χ1v) is 8.64. The van der Waals surface area contributed by atoms with Crippen molar-refractivity contribution in [3.63, 3.8) is 0 Å². The van der Waals surface area contributed by atoms with Gasteiger partial charge >= 0.3 is 5.97 Å². The first kappa shape index (κ1) is 17.6. The summed E-state index contributed by atoms with van der Waals surface area (Å²) in [6.07, 6.45) is 3.82. The number of carboxylic acids is 1. The second-order valence-corrected chi connectivity index (χ2v) is 7.01. The van der Waals surface area contributed by atoms with Gasteiger partial charge in [0.15, 0.2) is 5.75 Å². The smallest absolute Gasteiger partial charge is 0.324 e. The summed E-state index contributed by atoms with van der Waals surface area (Å²) in [7, 11) is -1.46. The van der Waals surface area contributed by atoms with Crippen LogP contribution in [0.5, 0.6) is 5.75 Å². The predicted octanol–water partition coefficient (Wildman–Crippen LogP) is 0.781. The van der Waals surface area contributed by atoms with Crippen molar-refractivity contribution in [3.8, 4) is 5.75 Å². The highest BCUT2D eigenvalue weighted by Crippen LogP contribution is 2.36.